The first-order chi connectivity index (χ1) is 16.1. The van der Waals surface area contributed by atoms with Crippen molar-refractivity contribution in [3.05, 3.63) is 70.5 Å². The van der Waals surface area contributed by atoms with E-state index in [-0.39, 0.29) is 23.3 Å². The lowest BCUT2D eigenvalue weighted by Gasteiger charge is -2.27. The normalized spacial score (nSPS) is 14.8. The molecule has 1 aliphatic carbocycles. The van der Waals surface area contributed by atoms with Gasteiger partial charge in [0, 0.05) is 12.8 Å². The summed E-state index contributed by atoms with van der Waals surface area (Å²) in [7, 11) is 1.61. The molecule has 7 nitrogen and oxygen atoms in total. The lowest BCUT2D eigenvalue weighted by Crippen LogP contribution is -2.33. The van der Waals surface area contributed by atoms with Crippen LogP contribution in [0.3, 0.4) is 0 Å². The van der Waals surface area contributed by atoms with Crippen LogP contribution in [0, 0.1) is 0 Å². The van der Waals surface area contributed by atoms with Gasteiger partial charge in [0.25, 0.3) is 5.56 Å². The third kappa shape index (κ3) is 5.39. The summed E-state index contributed by atoms with van der Waals surface area (Å²) in [5.41, 5.74) is 1.54. The standard InChI is InChI=1S/C25H29N3O4S/c1-18(16-31-2)28-24(30)21-12-6-7-13-22(21)26-25(28)33-17-23(29)27(15-20-11-8-14-32-20)19-9-4-3-5-10-19/h6-9,11-14,18H,3-5,10,15-17H2,1-2H3/t18-/m0/s1. The fourth-order valence-electron chi connectivity index (χ4n) is 4.11. The Labute approximate surface area is 197 Å². The quantitative estimate of drug-likeness (QED) is 0.333. The number of ether oxygens (including phenoxy) is 1. The van der Waals surface area contributed by atoms with Crippen LogP contribution in [0.15, 0.2) is 68.8 Å². The van der Waals surface area contributed by atoms with Crippen molar-refractivity contribution < 1.29 is 13.9 Å². The van der Waals surface area contributed by atoms with Gasteiger partial charge in [-0.15, -0.1) is 0 Å². The van der Waals surface area contributed by atoms with Crippen LogP contribution in [0.4, 0.5) is 0 Å². The van der Waals surface area contributed by atoms with E-state index in [0.717, 1.165) is 37.1 Å². The third-order valence-electron chi connectivity index (χ3n) is 5.76. The van der Waals surface area contributed by atoms with Gasteiger partial charge < -0.3 is 14.1 Å². The average molecular weight is 468 g/mol. The number of allylic oxidation sites excluding steroid dienone is 2. The number of para-hydroxylation sites is 1. The highest BCUT2D eigenvalue weighted by Crippen LogP contribution is 2.26. The molecule has 3 aromatic rings. The van der Waals surface area contributed by atoms with E-state index in [9.17, 15) is 9.59 Å². The molecule has 1 aliphatic rings. The molecule has 0 saturated carbocycles. The van der Waals surface area contributed by atoms with Gasteiger partial charge in [-0.3, -0.25) is 14.2 Å². The van der Waals surface area contributed by atoms with E-state index in [4.69, 9.17) is 14.1 Å². The van der Waals surface area contributed by atoms with E-state index in [1.165, 1.54) is 11.8 Å². The number of thioether (sulfide) groups is 1. The Morgan fingerprint density at radius 2 is 2.12 bits per heavy atom. The second kappa shape index (κ2) is 10.9. The molecule has 2 aromatic heterocycles. The van der Waals surface area contributed by atoms with E-state index < -0.39 is 0 Å². The number of fused-ring (bicyclic) bond motifs is 1. The summed E-state index contributed by atoms with van der Waals surface area (Å²) < 4.78 is 12.4. The number of benzene rings is 1. The summed E-state index contributed by atoms with van der Waals surface area (Å²) in [4.78, 5) is 33.2. The number of methoxy groups -OCH3 is 1. The second-order valence-corrected chi connectivity index (χ2v) is 9.12. The minimum Gasteiger partial charge on any atom is -0.467 e. The SMILES string of the molecule is COC[C@H](C)n1c(SCC(=O)N(Cc2ccco2)C2=CCCCC2)nc2ccccc2c1=O. The zero-order valence-electron chi connectivity index (χ0n) is 19.0. The van der Waals surface area contributed by atoms with Crippen molar-refractivity contribution >= 4 is 28.6 Å². The van der Waals surface area contributed by atoms with Crippen molar-refractivity contribution in [3.63, 3.8) is 0 Å². The molecule has 33 heavy (non-hydrogen) atoms. The fourth-order valence-corrected chi connectivity index (χ4v) is 5.08. The molecule has 0 spiro atoms. The smallest absolute Gasteiger partial charge is 0.262 e. The third-order valence-corrected chi connectivity index (χ3v) is 6.70. The molecule has 0 aliphatic heterocycles. The van der Waals surface area contributed by atoms with Gasteiger partial charge in [-0.2, -0.15) is 0 Å². The molecule has 4 rings (SSSR count). The Kier molecular flexibility index (Phi) is 7.67. The minimum atomic E-state index is -0.211. The number of furan rings is 1. The van der Waals surface area contributed by atoms with E-state index in [0.29, 0.717) is 29.2 Å². The molecule has 0 N–H and O–H groups in total. The maximum Gasteiger partial charge on any atom is 0.262 e. The van der Waals surface area contributed by atoms with Crippen LogP contribution in [-0.4, -0.2) is 39.8 Å². The van der Waals surface area contributed by atoms with E-state index >= 15 is 0 Å². The predicted octanol–water partition coefficient (Wildman–Crippen LogP) is 4.78. The van der Waals surface area contributed by atoms with Crippen LogP contribution >= 0.6 is 11.8 Å². The Morgan fingerprint density at radius 3 is 2.85 bits per heavy atom. The zero-order valence-corrected chi connectivity index (χ0v) is 19.8. The van der Waals surface area contributed by atoms with Crippen molar-refractivity contribution in [1.82, 2.24) is 14.5 Å². The van der Waals surface area contributed by atoms with Crippen LogP contribution in [0.2, 0.25) is 0 Å². The minimum absolute atomic E-state index is 0.0297. The first-order valence-electron chi connectivity index (χ1n) is 11.2. The second-order valence-electron chi connectivity index (χ2n) is 8.18. The van der Waals surface area contributed by atoms with Crippen LogP contribution < -0.4 is 5.56 Å². The molecular formula is C25H29N3O4S. The van der Waals surface area contributed by atoms with E-state index in [2.05, 4.69) is 6.08 Å². The van der Waals surface area contributed by atoms with Crippen molar-refractivity contribution in [1.29, 1.82) is 0 Å². The number of amides is 1. The highest BCUT2D eigenvalue weighted by molar-refractivity contribution is 7.99. The molecule has 0 fully saturated rings. The lowest BCUT2D eigenvalue weighted by atomic mass is 10.0. The Hall–Kier alpha value is -2.84. The number of hydrogen-bond donors (Lipinski definition) is 0. The molecule has 0 bridgehead atoms. The van der Waals surface area contributed by atoms with Crippen LogP contribution in [-0.2, 0) is 16.1 Å². The van der Waals surface area contributed by atoms with Crippen LogP contribution in [0.1, 0.15) is 44.4 Å². The molecule has 174 valence electrons. The van der Waals surface area contributed by atoms with Gasteiger partial charge >= 0.3 is 0 Å². The van der Waals surface area contributed by atoms with Gasteiger partial charge in [-0.05, 0) is 56.9 Å². The number of carbonyl (C=O) groups is 1. The van der Waals surface area contributed by atoms with E-state index in [1.54, 1.807) is 24.0 Å². The van der Waals surface area contributed by atoms with Gasteiger partial charge in [-0.1, -0.05) is 30.0 Å². The number of carbonyl (C=O) groups excluding carboxylic acids is 1. The lowest BCUT2D eigenvalue weighted by molar-refractivity contribution is -0.127. The molecule has 0 saturated heterocycles. The molecule has 1 aromatic carbocycles. The monoisotopic (exact) mass is 467 g/mol. The van der Waals surface area contributed by atoms with Crippen molar-refractivity contribution in [2.45, 2.75) is 50.4 Å². The maximum atomic E-state index is 13.4. The Balaban J connectivity index is 1.61. The maximum absolute atomic E-state index is 13.4. The van der Waals surface area contributed by atoms with Gasteiger partial charge in [0.05, 0.1) is 42.1 Å². The summed E-state index contributed by atoms with van der Waals surface area (Å²) in [6, 6.07) is 10.8. The number of rotatable bonds is 9. The number of nitrogens with zero attached hydrogens (tertiary/aromatic N) is 3. The highest BCUT2D eigenvalue weighted by atomic mass is 32.2. The topological polar surface area (TPSA) is 77.6 Å². The van der Waals surface area contributed by atoms with Crippen molar-refractivity contribution in [2.75, 3.05) is 19.5 Å². The van der Waals surface area contributed by atoms with Crippen molar-refractivity contribution in [2.24, 2.45) is 0 Å². The molecule has 2 heterocycles. The average Bonchev–Trinajstić information content (AvgIpc) is 3.35. The van der Waals surface area contributed by atoms with Gasteiger partial charge in [0.1, 0.15) is 5.76 Å². The number of hydrogen-bond acceptors (Lipinski definition) is 6. The summed E-state index contributed by atoms with van der Waals surface area (Å²) in [6.45, 7) is 2.69. The Bertz CT molecular complexity index is 1190. The van der Waals surface area contributed by atoms with E-state index in [1.807, 2.05) is 42.2 Å². The van der Waals surface area contributed by atoms with Crippen LogP contribution in [0.25, 0.3) is 10.9 Å². The fraction of sp³-hybridized carbons (Fsp3) is 0.400. The molecular weight excluding hydrogens is 438 g/mol. The first-order valence-corrected chi connectivity index (χ1v) is 12.2. The first kappa shape index (κ1) is 23.3. The van der Waals surface area contributed by atoms with Gasteiger partial charge in [0.2, 0.25) is 5.91 Å². The zero-order chi connectivity index (χ0) is 23.2. The molecule has 8 heteroatoms. The molecule has 1 amide bonds. The Morgan fingerprint density at radius 1 is 1.27 bits per heavy atom. The van der Waals surface area contributed by atoms with Crippen LogP contribution in [0.5, 0.6) is 0 Å². The van der Waals surface area contributed by atoms with Gasteiger partial charge in [0.15, 0.2) is 5.16 Å². The number of aromatic nitrogens is 2. The van der Waals surface area contributed by atoms with Gasteiger partial charge in [-0.25, -0.2) is 4.98 Å². The molecule has 0 unspecified atom stereocenters. The largest absolute Gasteiger partial charge is 0.467 e. The predicted molar refractivity (Wildman–Crippen MR) is 129 cm³/mol. The molecule has 0 radical (unpaired) electrons. The highest BCUT2D eigenvalue weighted by Gasteiger charge is 2.23. The summed E-state index contributed by atoms with van der Waals surface area (Å²) in [6.07, 6.45) is 7.84. The summed E-state index contributed by atoms with van der Waals surface area (Å²) in [5.74, 6) is 0.884. The summed E-state index contributed by atoms with van der Waals surface area (Å²) >= 11 is 1.29. The van der Waals surface area contributed by atoms with Crippen molar-refractivity contribution in [3.8, 4) is 0 Å². The molecule has 1 atom stereocenters. The summed E-state index contributed by atoms with van der Waals surface area (Å²) in [5, 5.41) is 1.08.